The summed E-state index contributed by atoms with van der Waals surface area (Å²) in [7, 11) is -3.21. The van der Waals surface area contributed by atoms with Crippen molar-refractivity contribution in [2.24, 2.45) is 0 Å². The van der Waals surface area contributed by atoms with Crippen LogP contribution in [-0.2, 0) is 14.6 Å². The Hall–Kier alpha value is -2.13. The Morgan fingerprint density at radius 3 is 2.25 bits per heavy atom. The van der Waals surface area contributed by atoms with E-state index in [4.69, 9.17) is 4.74 Å². The van der Waals surface area contributed by atoms with Gasteiger partial charge in [-0.05, 0) is 32.9 Å². The molecule has 7 nitrogen and oxygen atoms in total. The van der Waals surface area contributed by atoms with Crippen LogP contribution in [0.3, 0.4) is 0 Å². The topological polar surface area (TPSA) is 79.8 Å². The number of sulfone groups is 1. The molecule has 2 aromatic rings. The molecule has 1 aliphatic heterocycles. The summed E-state index contributed by atoms with van der Waals surface area (Å²) in [4.78, 5) is 21.0. The highest BCUT2D eigenvalue weighted by Gasteiger charge is 2.26. The maximum atomic E-state index is 12.2. The molecule has 0 aliphatic carbocycles. The van der Waals surface area contributed by atoms with E-state index in [0.717, 1.165) is 16.4 Å². The van der Waals surface area contributed by atoms with Crippen molar-refractivity contribution < 1.29 is 17.9 Å². The summed E-state index contributed by atoms with van der Waals surface area (Å²) in [5.74, 6) is 0. The minimum Gasteiger partial charge on any atom is -0.444 e. The van der Waals surface area contributed by atoms with E-state index in [2.05, 4.69) is 9.88 Å². The predicted molar refractivity (Wildman–Crippen MR) is 111 cm³/mol. The fourth-order valence-corrected chi connectivity index (χ4v) is 4.34. The van der Waals surface area contributed by atoms with Crippen molar-refractivity contribution >= 4 is 32.4 Å². The number of carbonyl (C=O) groups is 1. The molecule has 1 amide bonds. The third-order valence-corrected chi connectivity index (χ3v) is 6.30. The first kappa shape index (κ1) is 20.6. The van der Waals surface area contributed by atoms with Crippen LogP contribution in [0.2, 0.25) is 0 Å². The van der Waals surface area contributed by atoms with Gasteiger partial charge in [-0.15, -0.1) is 11.3 Å². The quantitative estimate of drug-likeness (QED) is 0.754. The molecule has 1 aliphatic rings. The maximum absolute atomic E-state index is 12.2. The van der Waals surface area contributed by atoms with Gasteiger partial charge in [0.1, 0.15) is 5.60 Å². The molecule has 1 fully saturated rings. The summed E-state index contributed by atoms with van der Waals surface area (Å²) in [5, 5.41) is 2.86. The summed E-state index contributed by atoms with van der Waals surface area (Å²) in [6, 6.07) is 6.75. The van der Waals surface area contributed by atoms with Gasteiger partial charge in [0.15, 0.2) is 15.0 Å². The third kappa shape index (κ3) is 5.02. The fraction of sp³-hybridized carbons (Fsp3) is 0.474. The van der Waals surface area contributed by atoms with Crippen molar-refractivity contribution in [3.63, 3.8) is 0 Å². The van der Waals surface area contributed by atoms with Crippen LogP contribution in [0.5, 0.6) is 0 Å². The highest BCUT2D eigenvalue weighted by atomic mass is 32.2. The SMILES string of the molecule is CC(C)(C)OC(=O)N1CCN(c2nc(-c3ccc(S(C)(=O)=O)cc3)cs2)CC1. The van der Waals surface area contributed by atoms with Crippen molar-refractivity contribution in [1.29, 1.82) is 0 Å². The number of benzene rings is 1. The zero-order valence-electron chi connectivity index (χ0n) is 16.5. The van der Waals surface area contributed by atoms with Crippen LogP contribution in [0.4, 0.5) is 9.93 Å². The lowest BCUT2D eigenvalue weighted by atomic mass is 10.2. The fourth-order valence-electron chi connectivity index (χ4n) is 2.82. The van der Waals surface area contributed by atoms with Gasteiger partial charge in [0.05, 0.1) is 10.6 Å². The summed E-state index contributed by atoms with van der Waals surface area (Å²) < 4.78 is 28.6. The predicted octanol–water partition coefficient (Wildman–Crippen LogP) is 3.27. The van der Waals surface area contributed by atoms with Gasteiger partial charge in [0.2, 0.25) is 0 Å². The minimum absolute atomic E-state index is 0.280. The highest BCUT2D eigenvalue weighted by molar-refractivity contribution is 7.90. The van der Waals surface area contributed by atoms with Crippen LogP contribution in [0.15, 0.2) is 34.5 Å². The average molecular weight is 424 g/mol. The van der Waals surface area contributed by atoms with Gasteiger partial charge in [-0.25, -0.2) is 18.2 Å². The number of aromatic nitrogens is 1. The molecule has 1 saturated heterocycles. The van der Waals surface area contributed by atoms with E-state index in [1.807, 2.05) is 26.2 Å². The van der Waals surface area contributed by atoms with Gasteiger partial charge in [0.25, 0.3) is 0 Å². The van der Waals surface area contributed by atoms with Gasteiger partial charge >= 0.3 is 6.09 Å². The molecule has 2 heterocycles. The lowest BCUT2D eigenvalue weighted by Crippen LogP contribution is -2.50. The molecule has 1 aromatic carbocycles. The smallest absolute Gasteiger partial charge is 0.410 e. The molecule has 0 saturated carbocycles. The zero-order chi connectivity index (χ0) is 20.5. The molecule has 3 rings (SSSR count). The van der Waals surface area contributed by atoms with Crippen LogP contribution >= 0.6 is 11.3 Å². The molecule has 9 heteroatoms. The molecule has 0 spiro atoms. The van der Waals surface area contributed by atoms with Crippen molar-refractivity contribution in [2.75, 3.05) is 37.3 Å². The molecule has 1 aromatic heterocycles. The van der Waals surface area contributed by atoms with Gasteiger partial charge in [-0.1, -0.05) is 12.1 Å². The average Bonchev–Trinajstić information content (AvgIpc) is 3.10. The Morgan fingerprint density at radius 2 is 1.71 bits per heavy atom. The van der Waals surface area contributed by atoms with Crippen molar-refractivity contribution in [2.45, 2.75) is 31.3 Å². The van der Waals surface area contributed by atoms with Crippen molar-refractivity contribution in [3.05, 3.63) is 29.6 Å². The first-order chi connectivity index (χ1) is 13.0. The molecular formula is C19H25N3O4S2. The van der Waals surface area contributed by atoms with E-state index < -0.39 is 15.4 Å². The standard InChI is InChI=1S/C19H25N3O4S2/c1-19(2,3)26-18(23)22-11-9-21(10-12-22)17-20-16(13-27-17)14-5-7-15(8-6-14)28(4,24)25/h5-8,13H,9-12H2,1-4H3. The van der Waals surface area contributed by atoms with Crippen LogP contribution < -0.4 is 4.90 Å². The molecule has 28 heavy (non-hydrogen) atoms. The second-order valence-corrected chi connectivity index (χ2v) is 10.6. The molecule has 152 valence electrons. The van der Waals surface area contributed by atoms with E-state index in [1.54, 1.807) is 40.5 Å². The molecule has 0 bridgehead atoms. The van der Waals surface area contributed by atoms with Gasteiger partial charge in [-0.2, -0.15) is 0 Å². The normalized spacial score (nSPS) is 15.6. The zero-order valence-corrected chi connectivity index (χ0v) is 18.1. The van der Waals surface area contributed by atoms with Gasteiger partial charge in [-0.3, -0.25) is 0 Å². The first-order valence-corrected chi connectivity index (χ1v) is 11.8. The molecule has 0 N–H and O–H groups in total. The highest BCUT2D eigenvalue weighted by Crippen LogP contribution is 2.29. The number of rotatable bonds is 3. The van der Waals surface area contributed by atoms with Crippen molar-refractivity contribution in [1.82, 2.24) is 9.88 Å². The Balaban J connectivity index is 1.63. The number of amides is 1. The van der Waals surface area contributed by atoms with E-state index >= 15 is 0 Å². The number of carbonyl (C=O) groups excluding carboxylic acids is 1. The van der Waals surface area contributed by atoms with Crippen LogP contribution in [-0.4, -0.2) is 62.4 Å². The summed E-state index contributed by atoms with van der Waals surface area (Å²) in [6.45, 7) is 8.15. The Bertz CT molecular complexity index is 938. The van der Waals surface area contributed by atoms with Gasteiger partial charge < -0.3 is 14.5 Å². The first-order valence-electron chi connectivity index (χ1n) is 9.02. The van der Waals surface area contributed by atoms with Crippen molar-refractivity contribution in [3.8, 4) is 11.3 Å². The maximum Gasteiger partial charge on any atom is 0.410 e. The number of ether oxygens (including phenoxy) is 1. The molecular weight excluding hydrogens is 398 g/mol. The summed E-state index contributed by atoms with van der Waals surface area (Å²) >= 11 is 1.54. The molecule has 0 atom stereocenters. The molecule has 0 unspecified atom stereocenters. The van der Waals surface area contributed by atoms with E-state index in [0.29, 0.717) is 31.1 Å². The van der Waals surface area contributed by atoms with Crippen LogP contribution in [0.1, 0.15) is 20.8 Å². The monoisotopic (exact) mass is 423 g/mol. The lowest BCUT2D eigenvalue weighted by molar-refractivity contribution is 0.0240. The Labute approximate surface area is 169 Å². The van der Waals surface area contributed by atoms with E-state index in [1.165, 1.54) is 6.26 Å². The Kier molecular flexibility index (Phi) is 5.67. The third-order valence-electron chi connectivity index (χ3n) is 4.27. The van der Waals surface area contributed by atoms with Crippen LogP contribution in [0.25, 0.3) is 11.3 Å². The number of hydrogen-bond donors (Lipinski definition) is 0. The summed E-state index contributed by atoms with van der Waals surface area (Å²) in [5.41, 5.74) is 1.20. The minimum atomic E-state index is -3.21. The summed E-state index contributed by atoms with van der Waals surface area (Å²) in [6.07, 6.45) is 0.915. The molecule has 0 radical (unpaired) electrons. The van der Waals surface area contributed by atoms with Crippen LogP contribution in [0, 0.1) is 0 Å². The number of piperazine rings is 1. The number of thiazole rings is 1. The Morgan fingerprint density at radius 1 is 1.11 bits per heavy atom. The van der Waals surface area contributed by atoms with E-state index in [-0.39, 0.29) is 6.09 Å². The lowest BCUT2D eigenvalue weighted by Gasteiger charge is -2.35. The van der Waals surface area contributed by atoms with Gasteiger partial charge in [0, 0.05) is 43.4 Å². The number of nitrogens with zero attached hydrogens (tertiary/aromatic N) is 3. The van der Waals surface area contributed by atoms with E-state index in [9.17, 15) is 13.2 Å². The largest absolute Gasteiger partial charge is 0.444 e. The number of hydrogen-bond acceptors (Lipinski definition) is 7. The number of anilines is 1. The second-order valence-electron chi connectivity index (χ2n) is 7.77. The second kappa shape index (κ2) is 7.71.